The van der Waals surface area contributed by atoms with Gasteiger partial charge in [-0.15, -0.1) is 6.42 Å². The van der Waals surface area contributed by atoms with Gasteiger partial charge in [0.2, 0.25) is 0 Å². The SMILES string of the molecule is C#CCNC(=O)c1ccccc1NC(=O)c1[nH]c(CC)c(C(=O)OC)c1C. The van der Waals surface area contributed by atoms with Crippen molar-refractivity contribution in [3.05, 3.63) is 52.3 Å². The smallest absolute Gasteiger partial charge is 0.339 e. The highest BCUT2D eigenvalue weighted by Crippen LogP contribution is 2.22. The van der Waals surface area contributed by atoms with Crippen molar-refractivity contribution < 1.29 is 19.1 Å². The minimum absolute atomic E-state index is 0.0825. The van der Waals surface area contributed by atoms with Gasteiger partial charge >= 0.3 is 5.97 Å². The Morgan fingerprint density at radius 3 is 2.56 bits per heavy atom. The molecule has 2 aromatic rings. The minimum Gasteiger partial charge on any atom is -0.465 e. The molecule has 0 saturated heterocycles. The zero-order valence-corrected chi connectivity index (χ0v) is 15.4. The van der Waals surface area contributed by atoms with Crippen molar-refractivity contribution in [2.75, 3.05) is 19.0 Å². The molecule has 1 aromatic carbocycles. The third kappa shape index (κ3) is 4.18. The zero-order chi connectivity index (χ0) is 20.0. The molecule has 0 unspecified atom stereocenters. The maximum Gasteiger partial charge on any atom is 0.339 e. The fourth-order valence-electron chi connectivity index (χ4n) is 2.73. The Labute approximate surface area is 157 Å². The van der Waals surface area contributed by atoms with Crippen LogP contribution in [0, 0.1) is 19.3 Å². The van der Waals surface area contributed by atoms with Gasteiger partial charge in [0, 0.05) is 5.69 Å². The first-order valence-corrected chi connectivity index (χ1v) is 8.36. The number of amides is 2. The predicted molar refractivity (Wildman–Crippen MR) is 102 cm³/mol. The average molecular weight is 367 g/mol. The molecule has 0 aliphatic heterocycles. The second-order valence-electron chi connectivity index (χ2n) is 5.71. The lowest BCUT2D eigenvalue weighted by Crippen LogP contribution is -2.25. The highest BCUT2D eigenvalue weighted by Gasteiger charge is 2.24. The van der Waals surface area contributed by atoms with Gasteiger partial charge in [-0.3, -0.25) is 9.59 Å². The van der Waals surface area contributed by atoms with Crippen LogP contribution in [0.25, 0.3) is 0 Å². The molecule has 0 atom stereocenters. The van der Waals surface area contributed by atoms with Crippen LogP contribution < -0.4 is 10.6 Å². The Bertz CT molecular complexity index is 922. The second-order valence-corrected chi connectivity index (χ2v) is 5.71. The first-order chi connectivity index (χ1) is 12.9. The van der Waals surface area contributed by atoms with E-state index >= 15 is 0 Å². The van der Waals surface area contributed by atoms with Gasteiger partial charge < -0.3 is 20.4 Å². The molecular weight excluding hydrogens is 346 g/mol. The number of aromatic nitrogens is 1. The number of rotatable bonds is 6. The van der Waals surface area contributed by atoms with E-state index < -0.39 is 17.8 Å². The number of terminal acetylenes is 1. The molecule has 0 bridgehead atoms. The number of para-hydroxylation sites is 1. The molecule has 3 N–H and O–H groups in total. The predicted octanol–water partition coefficient (Wildman–Crippen LogP) is 2.29. The normalized spacial score (nSPS) is 10.0. The lowest BCUT2D eigenvalue weighted by molar-refractivity contribution is 0.0598. The fourth-order valence-corrected chi connectivity index (χ4v) is 2.73. The number of carbonyl (C=O) groups excluding carboxylic acids is 3. The maximum atomic E-state index is 12.8. The molecule has 140 valence electrons. The second kappa shape index (κ2) is 8.72. The van der Waals surface area contributed by atoms with E-state index in [1.807, 2.05) is 6.92 Å². The molecule has 2 rings (SSSR count). The van der Waals surface area contributed by atoms with Crippen LogP contribution in [-0.4, -0.2) is 36.4 Å². The molecule has 2 amide bonds. The Hall–Kier alpha value is -3.53. The lowest BCUT2D eigenvalue weighted by Gasteiger charge is -2.10. The Balaban J connectivity index is 2.34. The third-order valence-electron chi connectivity index (χ3n) is 4.07. The highest BCUT2D eigenvalue weighted by atomic mass is 16.5. The van der Waals surface area contributed by atoms with E-state index in [0.717, 1.165) is 0 Å². The topological polar surface area (TPSA) is 100 Å². The summed E-state index contributed by atoms with van der Waals surface area (Å²) in [4.78, 5) is 40.0. The number of anilines is 1. The van der Waals surface area contributed by atoms with Crippen LogP contribution >= 0.6 is 0 Å². The zero-order valence-electron chi connectivity index (χ0n) is 15.4. The first-order valence-electron chi connectivity index (χ1n) is 8.36. The van der Waals surface area contributed by atoms with Crippen molar-refractivity contribution >= 4 is 23.5 Å². The number of ether oxygens (including phenoxy) is 1. The number of hydrogen-bond donors (Lipinski definition) is 3. The van der Waals surface area contributed by atoms with Crippen LogP contribution in [0.2, 0.25) is 0 Å². The fraction of sp³-hybridized carbons (Fsp3) is 0.250. The van der Waals surface area contributed by atoms with Crippen LogP contribution in [0.1, 0.15) is 49.4 Å². The van der Waals surface area contributed by atoms with Gasteiger partial charge in [0.15, 0.2) is 0 Å². The van der Waals surface area contributed by atoms with Crippen molar-refractivity contribution in [3.8, 4) is 12.3 Å². The van der Waals surface area contributed by atoms with Crippen LogP contribution in [0.15, 0.2) is 24.3 Å². The summed E-state index contributed by atoms with van der Waals surface area (Å²) >= 11 is 0. The monoisotopic (exact) mass is 367 g/mol. The molecule has 27 heavy (non-hydrogen) atoms. The van der Waals surface area contributed by atoms with Crippen LogP contribution in [0.5, 0.6) is 0 Å². The number of nitrogens with one attached hydrogen (secondary N) is 3. The standard InChI is InChI=1S/C20H21N3O4/c1-5-11-21-18(24)13-9-7-8-10-15(13)23-19(25)17-12(3)16(20(26)27-4)14(6-2)22-17/h1,7-10,22H,6,11H2,2-4H3,(H,21,24)(H,23,25). The largest absolute Gasteiger partial charge is 0.465 e. The molecule has 0 aliphatic rings. The van der Waals surface area contributed by atoms with E-state index in [0.29, 0.717) is 28.9 Å². The molecule has 7 heteroatoms. The maximum absolute atomic E-state index is 12.8. The number of aromatic amines is 1. The summed E-state index contributed by atoms with van der Waals surface area (Å²) < 4.78 is 4.80. The van der Waals surface area contributed by atoms with Crippen molar-refractivity contribution in [2.24, 2.45) is 0 Å². The van der Waals surface area contributed by atoms with Gasteiger partial charge in [-0.1, -0.05) is 25.0 Å². The first kappa shape index (κ1) is 19.8. The molecule has 0 spiro atoms. The number of methoxy groups -OCH3 is 1. The van der Waals surface area contributed by atoms with Gasteiger partial charge in [0.1, 0.15) is 5.69 Å². The van der Waals surface area contributed by atoms with Crippen molar-refractivity contribution in [1.82, 2.24) is 10.3 Å². The van der Waals surface area contributed by atoms with Crippen molar-refractivity contribution in [3.63, 3.8) is 0 Å². The summed E-state index contributed by atoms with van der Waals surface area (Å²) in [5.41, 5.74) is 2.32. The molecular formula is C20H21N3O4. The number of H-pyrrole nitrogens is 1. The van der Waals surface area contributed by atoms with Crippen molar-refractivity contribution in [1.29, 1.82) is 0 Å². The number of carbonyl (C=O) groups is 3. The van der Waals surface area contributed by atoms with Gasteiger partial charge in [0.05, 0.1) is 30.5 Å². The summed E-state index contributed by atoms with van der Waals surface area (Å²) in [5.74, 6) is 0.964. The van der Waals surface area contributed by atoms with Gasteiger partial charge in [0.25, 0.3) is 11.8 Å². The Morgan fingerprint density at radius 1 is 1.22 bits per heavy atom. The van der Waals surface area contributed by atoms with Crippen LogP contribution in [0.3, 0.4) is 0 Å². The molecule has 0 radical (unpaired) electrons. The molecule has 7 nitrogen and oxygen atoms in total. The van der Waals surface area contributed by atoms with Crippen molar-refractivity contribution in [2.45, 2.75) is 20.3 Å². The average Bonchev–Trinajstić information content (AvgIpc) is 3.02. The number of aryl methyl sites for hydroxylation is 1. The highest BCUT2D eigenvalue weighted by molar-refractivity contribution is 6.10. The molecule has 1 heterocycles. The van der Waals surface area contributed by atoms with E-state index in [-0.39, 0.29) is 17.8 Å². The van der Waals surface area contributed by atoms with Gasteiger partial charge in [-0.05, 0) is 31.0 Å². The third-order valence-corrected chi connectivity index (χ3v) is 4.07. The summed E-state index contributed by atoms with van der Waals surface area (Å²) in [6, 6.07) is 6.58. The quantitative estimate of drug-likeness (QED) is 0.539. The van der Waals surface area contributed by atoms with Gasteiger partial charge in [-0.25, -0.2) is 4.79 Å². The Morgan fingerprint density at radius 2 is 1.93 bits per heavy atom. The van der Waals surface area contributed by atoms with Crippen LogP contribution in [0.4, 0.5) is 5.69 Å². The molecule has 0 fully saturated rings. The van der Waals surface area contributed by atoms with E-state index in [1.54, 1.807) is 31.2 Å². The lowest BCUT2D eigenvalue weighted by atomic mass is 10.1. The van der Waals surface area contributed by atoms with Crippen LogP contribution in [-0.2, 0) is 11.2 Å². The minimum atomic E-state index is -0.506. The van der Waals surface area contributed by atoms with E-state index in [9.17, 15) is 14.4 Å². The number of esters is 1. The van der Waals surface area contributed by atoms with E-state index in [1.165, 1.54) is 7.11 Å². The summed E-state index contributed by atoms with van der Waals surface area (Å²) in [6.07, 6.45) is 5.69. The summed E-state index contributed by atoms with van der Waals surface area (Å²) in [7, 11) is 1.29. The van der Waals surface area contributed by atoms with E-state index in [2.05, 4.69) is 21.5 Å². The van der Waals surface area contributed by atoms with Gasteiger partial charge in [-0.2, -0.15) is 0 Å². The molecule has 0 aliphatic carbocycles. The molecule has 1 aromatic heterocycles. The summed E-state index contributed by atoms with van der Waals surface area (Å²) in [5, 5.41) is 5.27. The number of benzene rings is 1. The molecule has 0 saturated carbocycles. The summed E-state index contributed by atoms with van der Waals surface area (Å²) in [6.45, 7) is 3.62. The number of hydrogen-bond acceptors (Lipinski definition) is 4. The van der Waals surface area contributed by atoms with E-state index in [4.69, 9.17) is 11.2 Å². The Kier molecular flexibility index (Phi) is 6.39.